The number of carbonyl (C=O) groups is 1. The van der Waals surface area contributed by atoms with Crippen molar-refractivity contribution in [2.45, 2.75) is 30.6 Å². The third kappa shape index (κ3) is 2.68. The molecule has 0 aromatic carbocycles. The van der Waals surface area contributed by atoms with Crippen molar-refractivity contribution < 1.29 is 14.6 Å². The molecule has 0 amide bonds. The molecule has 0 aliphatic carbocycles. The third-order valence-electron chi connectivity index (χ3n) is 2.06. The molecule has 1 aliphatic heterocycles. The van der Waals surface area contributed by atoms with Gasteiger partial charge in [0.2, 0.25) is 0 Å². The first kappa shape index (κ1) is 9.86. The van der Waals surface area contributed by atoms with Crippen molar-refractivity contribution >= 4 is 17.7 Å². The summed E-state index contributed by atoms with van der Waals surface area (Å²) >= 11 is 1.86. The highest BCUT2D eigenvalue weighted by Crippen LogP contribution is 2.30. The van der Waals surface area contributed by atoms with Gasteiger partial charge in [0.15, 0.2) is 6.10 Å². The van der Waals surface area contributed by atoms with Crippen molar-refractivity contribution in [2.75, 3.05) is 12.9 Å². The van der Waals surface area contributed by atoms with Gasteiger partial charge in [-0.05, 0) is 25.0 Å². The maximum atomic E-state index is 10.6. The SMILES string of the molecule is COC(CC1CCCS1)C(=O)O. The fraction of sp³-hybridized carbons (Fsp3) is 0.875. The van der Waals surface area contributed by atoms with E-state index < -0.39 is 12.1 Å². The van der Waals surface area contributed by atoms with Gasteiger partial charge in [-0.1, -0.05) is 0 Å². The maximum Gasteiger partial charge on any atom is 0.332 e. The van der Waals surface area contributed by atoms with Crippen LogP contribution in [0.3, 0.4) is 0 Å². The zero-order valence-electron chi connectivity index (χ0n) is 7.16. The number of hydrogen-bond acceptors (Lipinski definition) is 3. The van der Waals surface area contributed by atoms with E-state index >= 15 is 0 Å². The summed E-state index contributed by atoms with van der Waals surface area (Å²) < 4.78 is 4.86. The summed E-state index contributed by atoms with van der Waals surface area (Å²) in [5.41, 5.74) is 0. The molecule has 1 heterocycles. The fourth-order valence-corrected chi connectivity index (χ4v) is 2.68. The lowest BCUT2D eigenvalue weighted by Crippen LogP contribution is -2.25. The predicted octanol–water partition coefficient (Wildman–Crippen LogP) is 1.37. The molecule has 1 N–H and O–H groups in total. The van der Waals surface area contributed by atoms with Crippen LogP contribution in [0, 0.1) is 0 Å². The Hall–Kier alpha value is -0.220. The average Bonchev–Trinajstić information content (AvgIpc) is 2.51. The van der Waals surface area contributed by atoms with Crippen LogP contribution in [-0.4, -0.2) is 35.3 Å². The van der Waals surface area contributed by atoms with Crippen LogP contribution in [0.15, 0.2) is 0 Å². The Balaban J connectivity index is 2.30. The number of carboxylic acid groups (broad SMARTS) is 1. The van der Waals surface area contributed by atoms with Gasteiger partial charge in [-0.15, -0.1) is 0 Å². The van der Waals surface area contributed by atoms with Crippen molar-refractivity contribution in [3.05, 3.63) is 0 Å². The monoisotopic (exact) mass is 190 g/mol. The van der Waals surface area contributed by atoms with E-state index in [0.29, 0.717) is 11.7 Å². The summed E-state index contributed by atoms with van der Waals surface area (Å²) in [6, 6.07) is 0. The minimum absolute atomic E-state index is 0.492. The number of hydrogen-bond donors (Lipinski definition) is 1. The van der Waals surface area contributed by atoms with Crippen LogP contribution in [0.4, 0.5) is 0 Å². The Morgan fingerprint density at radius 2 is 2.58 bits per heavy atom. The largest absolute Gasteiger partial charge is 0.479 e. The number of thioether (sulfide) groups is 1. The number of methoxy groups -OCH3 is 1. The van der Waals surface area contributed by atoms with Gasteiger partial charge in [-0.2, -0.15) is 11.8 Å². The van der Waals surface area contributed by atoms with Crippen molar-refractivity contribution in [2.24, 2.45) is 0 Å². The Kier molecular flexibility index (Phi) is 3.88. The van der Waals surface area contributed by atoms with Crippen molar-refractivity contribution in [1.82, 2.24) is 0 Å². The van der Waals surface area contributed by atoms with E-state index in [0.717, 1.165) is 6.42 Å². The molecule has 0 radical (unpaired) electrons. The second-order valence-electron chi connectivity index (χ2n) is 2.93. The summed E-state index contributed by atoms with van der Waals surface area (Å²) in [4.78, 5) is 10.6. The highest BCUT2D eigenvalue weighted by molar-refractivity contribution is 8.00. The first-order valence-electron chi connectivity index (χ1n) is 4.11. The van der Waals surface area contributed by atoms with Gasteiger partial charge in [0.1, 0.15) is 0 Å². The molecule has 70 valence electrons. The van der Waals surface area contributed by atoms with E-state index in [4.69, 9.17) is 9.84 Å². The minimum atomic E-state index is -0.843. The van der Waals surface area contributed by atoms with E-state index in [-0.39, 0.29) is 0 Å². The zero-order chi connectivity index (χ0) is 8.97. The molecule has 3 nitrogen and oxygen atoms in total. The topological polar surface area (TPSA) is 46.5 Å². The lowest BCUT2D eigenvalue weighted by atomic mass is 10.1. The van der Waals surface area contributed by atoms with Gasteiger partial charge in [0, 0.05) is 12.4 Å². The molecule has 2 unspecified atom stereocenters. The molecule has 1 saturated heterocycles. The summed E-state index contributed by atoms with van der Waals surface area (Å²) in [7, 11) is 1.46. The highest BCUT2D eigenvalue weighted by atomic mass is 32.2. The van der Waals surface area contributed by atoms with Gasteiger partial charge in [0.05, 0.1) is 0 Å². The molecule has 1 rings (SSSR count). The number of rotatable bonds is 4. The summed E-state index contributed by atoms with van der Waals surface area (Å²) in [5, 5.41) is 9.19. The van der Waals surface area contributed by atoms with Crippen LogP contribution in [0.5, 0.6) is 0 Å². The molecule has 4 heteroatoms. The second-order valence-corrected chi connectivity index (χ2v) is 4.34. The van der Waals surface area contributed by atoms with Gasteiger partial charge >= 0.3 is 5.97 Å². The van der Waals surface area contributed by atoms with Gasteiger partial charge in [-0.25, -0.2) is 4.79 Å². The molecule has 12 heavy (non-hydrogen) atoms. The van der Waals surface area contributed by atoms with Crippen LogP contribution < -0.4 is 0 Å². The quantitative estimate of drug-likeness (QED) is 0.727. The van der Waals surface area contributed by atoms with Crippen molar-refractivity contribution in [3.8, 4) is 0 Å². The molecule has 0 bridgehead atoms. The van der Waals surface area contributed by atoms with E-state index in [9.17, 15) is 4.79 Å². The number of carboxylic acids is 1. The molecular formula is C8H14O3S. The summed E-state index contributed by atoms with van der Waals surface area (Å²) in [6.07, 6.45) is 2.39. The van der Waals surface area contributed by atoms with Gasteiger partial charge in [-0.3, -0.25) is 0 Å². The van der Waals surface area contributed by atoms with Crippen LogP contribution in [0.1, 0.15) is 19.3 Å². The fourth-order valence-electron chi connectivity index (χ4n) is 1.37. The Labute approximate surface area is 76.5 Å². The molecule has 0 aromatic heterocycles. The molecule has 1 aliphatic rings. The smallest absolute Gasteiger partial charge is 0.332 e. The number of ether oxygens (including phenoxy) is 1. The first-order valence-corrected chi connectivity index (χ1v) is 5.16. The third-order valence-corrected chi connectivity index (χ3v) is 3.48. The Morgan fingerprint density at radius 1 is 1.83 bits per heavy atom. The Morgan fingerprint density at radius 3 is 3.00 bits per heavy atom. The standard InChI is InChI=1S/C8H14O3S/c1-11-7(8(9)10)5-6-3-2-4-12-6/h6-7H,2-5H2,1H3,(H,9,10). The van der Waals surface area contributed by atoms with E-state index in [2.05, 4.69) is 0 Å². The molecule has 1 fully saturated rings. The van der Waals surface area contributed by atoms with E-state index in [1.807, 2.05) is 11.8 Å². The van der Waals surface area contributed by atoms with Crippen LogP contribution >= 0.6 is 11.8 Å². The summed E-state index contributed by atoms with van der Waals surface area (Å²) in [6.45, 7) is 0. The average molecular weight is 190 g/mol. The molecule has 0 saturated carbocycles. The molecule has 0 spiro atoms. The van der Waals surface area contributed by atoms with Gasteiger partial charge < -0.3 is 9.84 Å². The normalized spacial score (nSPS) is 25.6. The maximum absolute atomic E-state index is 10.6. The second kappa shape index (κ2) is 4.72. The van der Waals surface area contributed by atoms with Crippen LogP contribution in [-0.2, 0) is 9.53 Å². The van der Waals surface area contributed by atoms with Gasteiger partial charge in [0.25, 0.3) is 0 Å². The Bertz CT molecular complexity index is 154. The van der Waals surface area contributed by atoms with Crippen molar-refractivity contribution in [3.63, 3.8) is 0 Å². The molecular weight excluding hydrogens is 176 g/mol. The molecule has 2 atom stereocenters. The van der Waals surface area contributed by atoms with Crippen molar-refractivity contribution in [1.29, 1.82) is 0 Å². The first-order chi connectivity index (χ1) is 5.74. The number of aliphatic carboxylic acids is 1. The molecule has 0 aromatic rings. The minimum Gasteiger partial charge on any atom is -0.479 e. The van der Waals surface area contributed by atoms with E-state index in [1.54, 1.807) is 0 Å². The highest BCUT2D eigenvalue weighted by Gasteiger charge is 2.24. The lowest BCUT2D eigenvalue weighted by molar-refractivity contribution is -0.148. The van der Waals surface area contributed by atoms with Crippen LogP contribution in [0.2, 0.25) is 0 Å². The van der Waals surface area contributed by atoms with Crippen LogP contribution in [0.25, 0.3) is 0 Å². The summed E-state index contributed by atoms with van der Waals surface area (Å²) in [5.74, 6) is 0.325. The van der Waals surface area contributed by atoms with E-state index in [1.165, 1.54) is 19.3 Å². The zero-order valence-corrected chi connectivity index (χ0v) is 7.97. The lowest BCUT2D eigenvalue weighted by Gasteiger charge is -2.14. The predicted molar refractivity (Wildman–Crippen MR) is 48.5 cm³/mol.